The van der Waals surface area contributed by atoms with Crippen LogP contribution in [0.3, 0.4) is 0 Å². The Hall–Kier alpha value is -2.67. The summed E-state index contributed by atoms with van der Waals surface area (Å²) in [5.41, 5.74) is 4.12. The molecule has 0 saturated carbocycles. The summed E-state index contributed by atoms with van der Waals surface area (Å²) >= 11 is 0. The average molecular weight is 358 g/mol. The number of imidazole rings is 1. The van der Waals surface area contributed by atoms with Gasteiger partial charge in [-0.05, 0) is 30.9 Å². The number of hydroxylamine groups is 1. The lowest BCUT2D eigenvalue weighted by Crippen LogP contribution is -2.40. The quantitative estimate of drug-likeness (QED) is 0.407. The van der Waals surface area contributed by atoms with Gasteiger partial charge in [-0.1, -0.05) is 37.6 Å². The number of rotatable bonds is 9. The van der Waals surface area contributed by atoms with Crippen molar-refractivity contribution in [2.75, 3.05) is 0 Å². The molecule has 0 bridgehead atoms. The van der Waals surface area contributed by atoms with Crippen LogP contribution in [-0.4, -0.2) is 33.0 Å². The van der Waals surface area contributed by atoms with Gasteiger partial charge in [-0.2, -0.15) is 0 Å². The van der Waals surface area contributed by atoms with Gasteiger partial charge in [0.25, 0.3) is 5.91 Å². The van der Waals surface area contributed by atoms with E-state index in [4.69, 9.17) is 5.21 Å². The van der Waals surface area contributed by atoms with Crippen molar-refractivity contribution in [3.8, 4) is 0 Å². The summed E-state index contributed by atoms with van der Waals surface area (Å²) in [5.74, 6) is -0.0812. The molecule has 1 aromatic carbocycles. The molecule has 0 saturated heterocycles. The van der Waals surface area contributed by atoms with Crippen LogP contribution in [0.4, 0.5) is 0 Å². The minimum absolute atomic E-state index is 0.0204. The molecule has 0 aliphatic rings. The smallest absolute Gasteiger partial charge is 0.269 e. The molecule has 0 radical (unpaired) electrons. The SMILES string of the molecule is CCCCc1ncc(C(=O)N[C@@H](CC(=O)NO)Cc2ccccc2C)[nH]1. The highest BCUT2D eigenvalue weighted by Crippen LogP contribution is 2.12. The van der Waals surface area contributed by atoms with Gasteiger partial charge >= 0.3 is 0 Å². The molecule has 0 spiro atoms. The van der Waals surface area contributed by atoms with E-state index >= 15 is 0 Å². The maximum absolute atomic E-state index is 12.5. The minimum Gasteiger partial charge on any atom is -0.347 e. The van der Waals surface area contributed by atoms with Crippen LogP contribution >= 0.6 is 0 Å². The third kappa shape index (κ3) is 5.70. The summed E-state index contributed by atoms with van der Waals surface area (Å²) in [6.07, 6.45) is 4.83. The van der Waals surface area contributed by atoms with Crippen LogP contribution in [0.5, 0.6) is 0 Å². The molecule has 1 heterocycles. The summed E-state index contributed by atoms with van der Waals surface area (Å²) < 4.78 is 0. The molecule has 0 aliphatic heterocycles. The largest absolute Gasteiger partial charge is 0.347 e. The Morgan fingerprint density at radius 3 is 2.77 bits per heavy atom. The van der Waals surface area contributed by atoms with Crippen LogP contribution in [0.15, 0.2) is 30.5 Å². The molecular weight excluding hydrogens is 332 g/mol. The average Bonchev–Trinajstić information content (AvgIpc) is 3.10. The predicted molar refractivity (Wildman–Crippen MR) is 97.9 cm³/mol. The molecule has 26 heavy (non-hydrogen) atoms. The van der Waals surface area contributed by atoms with Crippen LogP contribution in [0, 0.1) is 6.92 Å². The van der Waals surface area contributed by atoms with Gasteiger partial charge in [-0.25, -0.2) is 10.5 Å². The minimum atomic E-state index is -0.544. The summed E-state index contributed by atoms with van der Waals surface area (Å²) in [6.45, 7) is 4.08. The maximum atomic E-state index is 12.5. The van der Waals surface area contributed by atoms with E-state index in [1.807, 2.05) is 31.2 Å². The summed E-state index contributed by atoms with van der Waals surface area (Å²) in [4.78, 5) is 31.4. The molecule has 7 heteroatoms. The Morgan fingerprint density at radius 2 is 2.08 bits per heavy atom. The summed E-state index contributed by atoms with van der Waals surface area (Å²) in [5, 5.41) is 11.7. The van der Waals surface area contributed by atoms with Gasteiger partial charge in [0.15, 0.2) is 0 Å². The zero-order valence-corrected chi connectivity index (χ0v) is 15.2. The Kier molecular flexibility index (Phi) is 7.35. The number of hydrogen-bond donors (Lipinski definition) is 4. The molecule has 0 unspecified atom stereocenters. The zero-order chi connectivity index (χ0) is 18.9. The fourth-order valence-electron chi connectivity index (χ4n) is 2.76. The molecule has 2 aromatic rings. The second-order valence-corrected chi connectivity index (χ2v) is 6.39. The third-order valence-corrected chi connectivity index (χ3v) is 4.26. The predicted octanol–water partition coefficient (Wildman–Crippen LogP) is 2.30. The first-order valence-electron chi connectivity index (χ1n) is 8.85. The van der Waals surface area contributed by atoms with Crippen molar-refractivity contribution in [2.24, 2.45) is 0 Å². The van der Waals surface area contributed by atoms with E-state index < -0.39 is 11.9 Å². The molecule has 140 valence electrons. The number of unbranched alkanes of at least 4 members (excludes halogenated alkanes) is 1. The number of nitrogens with zero attached hydrogens (tertiary/aromatic N) is 1. The fraction of sp³-hybridized carbons (Fsp3) is 0.421. The normalized spacial score (nSPS) is 11.8. The van der Waals surface area contributed by atoms with E-state index in [-0.39, 0.29) is 12.3 Å². The van der Waals surface area contributed by atoms with Crippen molar-refractivity contribution in [1.82, 2.24) is 20.8 Å². The van der Waals surface area contributed by atoms with E-state index in [9.17, 15) is 9.59 Å². The number of nitrogens with one attached hydrogen (secondary N) is 3. The molecule has 0 aliphatic carbocycles. The number of aryl methyl sites for hydroxylation is 2. The van der Waals surface area contributed by atoms with Gasteiger partial charge in [0.05, 0.1) is 6.20 Å². The molecule has 2 amide bonds. The monoisotopic (exact) mass is 358 g/mol. The van der Waals surface area contributed by atoms with E-state index in [1.54, 1.807) is 5.48 Å². The van der Waals surface area contributed by atoms with Crippen molar-refractivity contribution in [2.45, 2.75) is 52.0 Å². The topological polar surface area (TPSA) is 107 Å². The summed E-state index contributed by atoms with van der Waals surface area (Å²) in [7, 11) is 0. The highest BCUT2D eigenvalue weighted by atomic mass is 16.5. The number of aromatic nitrogens is 2. The van der Waals surface area contributed by atoms with Crippen molar-refractivity contribution >= 4 is 11.8 Å². The molecule has 2 rings (SSSR count). The molecule has 4 N–H and O–H groups in total. The Labute approximate surface area is 153 Å². The van der Waals surface area contributed by atoms with Crippen LogP contribution in [0.1, 0.15) is 53.6 Å². The highest BCUT2D eigenvalue weighted by Gasteiger charge is 2.19. The Bertz CT molecular complexity index is 742. The Morgan fingerprint density at radius 1 is 1.31 bits per heavy atom. The van der Waals surface area contributed by atoms with Crippen molar-refractivity contribution < 1.29 is 14.8 Å². The first-order chi connectivity index (χ1) is 12.5. The second kappa shape index (κ2) is 9.72. The molecule has 1 atom stereocenters. The fourth-order valence-corrected chi connectivity index (χ4v) is 2.76. The van der Waals surface area contributed by atoms with Gasteiger partial charge < -0.3 is 10.3 Å². The van der Waals surface area contributed by atoms with Gasteiger partial charge in [0, 0.05) is 18.9 Å². The second-order valence-electron chi connectivity index (χ2n) is 6.39. The standard InChI is InChI=1S/C19H26N4O3/c1-3-4-9-17-20-12-16(22-17)19(25)21-15(11-18(24)23-26)10-14-8-6-5-7-13(14)2/h5-8,12,15,26H,3-4,9-11H2,1-2H3,(H,20,22)(H,21,25)(H,23,24)/t15-/m1/s1. The van der Waals surface area contributed by atoms with E-state index in [0.717, 1.165) is 36.2 Å². The number of hydrogen-bond acceptors (Lipinski definition) is 4. The molecule has 0 fully saturated rings. The highest BCUT2D eigenvalue weighted by molar-refractivity contribution is 5.92. The van der Waals surface area contributed by atoms with E-state index in [2.05, 4.69) is 22.2 Å². The lowest BCUT2D eigenvalue weighted by atomic mass is 9.99. The van der Waals surface area contributed by atoms with E-state index in [0.29, 0.717) is 12.1 Å². The first kappa shape index (κ1) is 19.7. The van der Waals surface area contributed by atoms with Crippen LogP contribution in [0.25, 0.3) is 0 Å². The van der Waals surface area contributed by atoms with E-state index in [1.165, 1.54) is 6.20 Å². The van der Waals surface area contributed by atoms with Crippen molar-refractivity contribution in [3.05, 3.63) is 53.1 Å². The van der Waals surface area contributed by atoms with Crippen LogP contribution in [0.2, 0.25) is 0 Å². The molecule has 7 nitrogen and oxygen atoms in total. The number of benzene rings is 1. The lowest BCUT2D eigenvalue weighted by molar-refractivity contribution is -0.129. The number of H-pyrrole nitrogens is 1. The molecular formula is C19H26N4O3. The lowest BCUT2D eigenvalue weighted by Gasteiger charge is -2.18. The maximum Gasteiger partial charge on any atom is 0.269 e. The van der Waals surface area contributed by atoms with Crippen LogP contribution in [-0.2, 0) is 17.6 Å². The van der Waals surface area contributed by atoms with Crippen molar-refractivity contribution in [3.63, 3.8) is 0 Å². The van der Waals surface area contributed by atoms with Crippen molar-refractivity contribution in [1.29, 1.82) is 0 Å². The van der Waals surface area contributed by atoms with Gasteiger partial charge in [-0.3, -0.25) is 14.8 Å². The first-order valence-corrected chi connectivity index (χ1v) is 8.85. The number of amides is 2. The van der Waals surface area contributed by atoms with Gasteiger partial charge in [0.1, 0.15) is 11.5 Å². The van der Waals surface area contributed by atoms with Gasteiger partial charge in [0.2, 0.25) is 5.91 Å². The Balaban J connectivity index is 2.07. The number of carbonyl (C=O) groups excluding carboxylic acids is 2. The zero-order valence-electron chi connectivity index (χ0n) is 15.2. The molecule has 1 aromatic heterocycles. The van der Waals surface area contributed by atoms with Crippen LogP contribution < -0.4 is 10.8 Å². The third-order valence-electron chi connectivity index (χ3n) is 4.26. The number of aromatic amines is 1. The van der Waals surface area contributed by atoms with Gasteiger partial charge in [-0.15, -0.1) is 0 Å². The summed E-state index contributed by atoms with van der Waals surface area (Å²) in [6, 6.07) is 7.36. The number of carbonyl (C=O) groups is 2.